The monoisotopic (exact) mass is 331 g/mol. The summed E-state index contributed by atoms with van der Waals surface area (Å²) < 4.78 is 25.8. The smallest absolute Gasteiger partial charge is 0.407 e. The zero-order chi connectivity index (χ0) is 15.7. The molecule has 0 radical (unpaired) electrons. The number of carboxylic acid groups (broad SMARTS) is 1. The first kappa shape index (κ1) is 16.0. The van der Waals surface area contributed by atoms with Gasteiger partial charge in [0.05, 0.1) is 5.25 Å². The van der Waals surface area contributed by atoms with E-state index in [9.17, 15) is 13.2 Å². The first-order valence-electron chi connectivity index (χ1n) is 8.15. The van der Waals surface area contributed by atoms with Crippen LogP contribution < -0.4 is 5.32 Å². The van der Waals surface area contributed by atoms with Crippen molar-refractivity contribution in [1.29, 1.82) is 0 Å². The van der Waals surface area contributed by atoms with E-state index in [1.807, 2.05) is 4.90 Å². The van der Waals surface area contributed by atoms with Crippen molar-refractivity contribution in [2.75, 3.05) is 39.3 Å². The van der Waals surface area contributed by atoms with E-state index in [0.717, 1.165) is 38.8 Å². The lowest BCUT2D eigenvalue weighted by Crippen LogP contribution is -2.58. The van der Waals surface area contributed by atoms with Crippen molar-refractivity contribution in [3.05, 3.63) is 0 Å². The molecule has 1 unspecified atom stereocenters. The molecule has 2 atom stereocenters. The molecule has 0 aromatic carbocycles. The van der Waals surface area contributed by atoms with Gasteiger partial charge in [0.25, 0.3) is 0 Å². The predicted octanol–water partition coefficient (Wildman–Crippen LogP) is 0.185. The molecule has 8 heteroatoms. The summed E-state index contributed by atoms with van der Waals surface area (Å²) in [5, 5.41) is 11.8. The molecule has 0 aromatic rings. The molecular weight excluding hydrogens is 306 g/mol. The van der Waals surface area contributed by atoms with Crippen LogP contribution in [-0.2, 0) is 9.84 Å². The lowest BCUT2D eigenvalue weighted by atomic mass is 9.98. The highest BCUT2D eigenvalue weighted by Gasteiger charge is 2.47. The molecule has 2 saturated heterocycles. The zero-order valence-electron chi connectivity index (χ0n) is 12.8. The lowest BCUT2D eigenvalue weighted by Gasteiger charge is -2.42. The van der Waals surface area contributed by atoms with Crippen LogP contribution >= 0.6 is 0 Å². The maximum atomic E-state index is 12.9. The van der Waals surface area contributed by atoms with Gasteiger partial charge in [0.2, 0.25) is 0 Å². The maximum absolute atomic E-state index is 12.9. The van der Waals surface area contributed by atoms with Gasteiger partial charge < -0.3 is 15.3 Å². The zero-order valence-corrected chi connectivity index (χ0v) is 13.6. The van der Waals surface area contributed by atoms with Crippen molar-refractivity contribution in [3.63, 3.8) is 0 Å². The van der Waals surface area contributed by atoms with Crippen molar-refractivity contribution in [3.8, 4) is 0 Å². The molecule has 3 fully saturated rings. The second-order valence-electron chi connectivity index (χ2n) is 6.59. The Morgan fingerprint density at radius 1 is 1.14 bits per heavy atom. The highest BCUT2D eigenvalue weighted by atomic mass is 32.2. The molecule has 22 heavy (non-hydrogen) atoms. The number of amides is 1. The Morgan fingerprint density at radius 2 is 1.82 bits per heavy atom. The van der Waals surface area contributed by atoms with E-state index in [1.54, 1.807) is 0 Å². The molecule has 1 saturated carbocycles. The van der Waals surface area contributed by atoms with Gasteiger partial charge >= 0.3 is 6.09 Å². The highest BCUT2D eigenvalue weighted by molar-refractivity contribution is 7.92. The van der Waals surface area contributed by atoms with E-state index in [0.29, 0.717) is 26.2 Å². The molecule has 1 aliphatic carbocycles. The van der Waals surface area contributed by atoms with E-state index in [1.165, 1.54) is 4.90 Å². The molecular formula is C14H25N3O4S. The van der Waals surface area contributed by atoms with E-state index in [2.05, 4.69) is 5.32 Å². The van der Waals surface area contributed by atoms with Crippen molar-refractivity contribution < 1.29 is 18.3 Å². The number of nitrogens with one attached hydrogen (secondary N) is 1. The van der Waals surface area contributed by atoms with Crippen LogP contribution in [-0.4, -0.2) is 79.3 Å². The number of hydrogen-bond acceptors (Lipinski definition) is 5. The van der Waals surface area contributed by atoms with Crippen LogP contribution in [0.5, 0.6) is 0 Å². The number of nitrogens with zero attached hydrogens (tertiary/aromatic N) is 2. The third kappa shape index (κ3) is 3.23. The molecule has 0 spiro atoms. The second kappa shape index (κ2) is 6.33. The standard InChI is InChI=1S/C14H25N3O4S/c18-14(19)17-8-6-16(7-9-17)13(11-2-1-5-15-10-11)22(20,21)12-3-4-12/h11-13,15H,1-10H2,(H,18,19)/t11?,13-/m0/s1. The van der Waals surface area contributed by atoms with Gasteiger partial charge in [0, 0.05) is 38.6 Å². The summed E-state index contributed by atoms with van der Waals surface area (Å²) >= 11 is 0. The lowest BCUT2D eigenvalue weighted by molar-refractivity contribution is 0.0847. The van der Waals surface area contributed by atoms with Crippen LogP contribution in [0.15, 0.2) is 0 Å². The van der Waals surface area contributed by atoms with Crippen molar-refractivity contribution in [1.82, 2.24) is 15.1 Å². The van der Waals surface area contributed by atoms with E-state index in [4.69, 9.17) is 5.11 Å². The summed E-state index contributed by atoms with van der Waals surface area (Å²) in [4.78, 5) is 14.4. The predicted molar refractivity (Wildman–Crippen MR) is 82.5 cm³/mol. The second-order valence-corrected chi connectivity index (χ2v) is 8.92. The van der Waals surface area contributed by atoms with E-state index < -0.39 is 21.3 Å². The summed E-state index contributed by atoms with van der Waals surface area (Å²) in [6, 6.07) is 0. The molecule has 7 nitrogen and oxygen atoms in total. The van der Waals surface area contributed by atoms with Gasteiger partial charge in [-0.25, -0.2) is 13.2 Å². The molecule has 2 heterocycles. The molecule has 0 bridgehead atoms. The molecule has 2 aliphatic heterocycles. The first-order valence-corrected chi connectivity index (χ1v) is 9.76. The number of piperazine rings is 1. The van der Waals surface area contributed by atoms with Crippen LogP contribution in [0.1, 0.15) is 25.7 Å². The Morgan fingerprint density at radius 3 is 2.32 bits per heavy atom. The molecule has 0 aromatic heterocycles. The van der Waals surface area contributed by atoms with E-state index in [-0.39, 0.29) is 11.2 Å². The highest BCUT2D eigenvalue weighted by Crippen LogP contribution is 2.36. The fraction of sp³-hybridized carbons (Fsp3) is 0.929. The summed E-state index contributed by atoms with van der Waals surface area (Å²) in [6.45, 7) is 3.52. The van der Waals surface area contributed by atoms with Gasteiger partial charge in [-0.05, 0) is 32.2 Å². The Hall–Kier alpha value is -0.860. The topological polar surface area (TPSA) is 89.9 Å². The maximum Gasteiger partial charge on any atom is 0.407 e. The Balaban J connectivity index is 1.75. The van der Waals surface area contributed by atoms with E-state index >= 15 is 0 Å². The molecule has 126 valence electrons. The quantitative estimate of drug-likeness (QED) is 0.764. The van der Waals surface area contributed by atoms with Crippen LogP contribution in [0.4, 0.5) is 4.79 Å². The third-order valence-electron chi connectivity index (χ3n) is 5.01. The molecule has 2 N–H and O–H groups in total. The Kier molecular flexibility index (Phi) is 4.61. The van der Waals surface area contributed by atoms with Gasteiger partial charge in [-0.15, -0.1) is 0 Å². The normalized spacial score (nSPS) is 29.3. The number of piperidine rings is 1. The number of rotatable bonds is 4. The fourth-order valence-electron chi connectivity index (χ4n) is 3.66. The van der Waals surface area contributed by atoms with Crippen LogP contribution in [0, 0.1) is 5.92 Å². The third-order valence-corrected chi connectivity index (χ3v) is 7.77. The van der Waals surface area contributed by atoms with Gasteiger partial charge in [-0.1, -0.05) is 0 Å². The van der Waals surface area contributed by atoms with Gasteiger partial charge in [-0.2, -0.15) is 0 Å². The van der Waals surface area contributed by atoms with Gasteiger partial charge in [-0.3, -0.25) is 4.90 Å². The summed E-state index contributed by atoms with van der Waals surface area (Å²) in [5.41, 5.74) is 0. The summed E-state index contributed by atoms with van der Waals surface area (Å²) in [7, 11) is -3.14. The Bertz CT molecular complexity index is 506. The SMILES string of the molecule is O=C(O)N1CCN([C@H](C2CCCNC2)S(=O)(=O)C2CC2)CC1. The van der Waals surface area contributed by atoms with Crippen molar-refractivity contribution in [2.24, 2.45) is 5.92 Å². The largest absolute Gasteiger partial charge is 0.465 e. The number of hydrogen-bond donors (Lipinski definition) is 2. The van der Waals surface area contributed by atoms with Crippen molar-refractivity contribution in [2.45, 2.75) is 36.3 Å². The minimum absolute atomic E-state index is 0.121. The van der Waals surface area contributed by atoms with Crippen molar-refractivity contribution >= 4 is 15.9 Å². The summed E-state index contributed by atoms with van der Waals surface area (Å²) in [6.07, 6.45) is 2.60. The average Bonchev–Trinajstić information content (AvgIpc) is 3.34. The molecule has 3 rings (SSSR count). The van der Waals surface area contributed by atoms with Crippen LogP contribution in [0.2, 0.25) is 0 Å². The molecule has 3 aliphatic rings. The minimum atomic E-state index is -3.14. The van der Waals surface area contributed by atoms with Crippen LogP contribution in [0.25, 0.3) is 0 Å². The van der Waals surface area contributed by atoms with Crippen LogP contribution in [0.3, 0.4) is 0 Å². The number of carbonyl (C=O) groups is 1. The van der Waals surface area contributed by atoms with Gasteiger partial charge in [0.15, 0.2) is 9.84 Å². The Labute approximate surface area is 131 Å². The minimum Gasteiger partial charge on any atom is -0.465 e. The van der Waals surface area contributed by atoms with Gasteiger partial charge in [0.1, 0.15) is 5.37 Å². The molecule has 1 amide bonds. The fourth-order valence-corrected chi connectivity index (χ4v) is 6.24. The first-order chi connectivity index (χ1) is 10.5. The number of sulfone groups is 1. The summed E-state index contributed by atoms with van der Waals surface area (Å²) in [5.74, 6) is 0.121. The average molecular weight is 331 g/mol.